The van der Waals surface area contributed by atoms with Crippen molar-refractivity contribution in [3.8, 4) is 0 Å². The van der Waals surface area contributed by atoms with Gasteiger partial charge >= 0.3 is 0 Å². The van der Waals surface area contributed by atoms with Crippen molar-refractivity contribution < 1.29 is 14.3 Å². The van der Waals surface area contributed by atoms with E-state index in [1.807, 2.05) is 6.07 Å². The number of fused-ring (bicyclic) bond motifs is 1. The first-order valence-corrected chi connectivity index (χ1v) is 14.1. The molecule has 1 unspecified atom stereocenters. The van der Waals surface area contributed by atoms with Crippen LogP contribution in [0, 0.1) is 5.92 Å². The molecule has 3 fully saturated rings. The molecule has 12 heteroatoms. The normalized spacial score (nSPS) is 23.4. The molecule has 3 aromatic heterocycles. The molecule has 206 valence electrons. The van der Waals surface area contributed by atoms with Crippen LogP contribution in [-0.4, -0.2) is 69.2 Å². The molecule has 1 amide bonds. The van der Waals surface area contributed by atoms with Gasteiger partial charge in [0.1, 0.15) is 11.0 Å². The second-order valence-electron chi connectivity index (χ2n) is 10.7. The summed E-state index contributed by atoms with van der Waals surface area (Å²) in [7, 11) is 0. The van der Waals surface area contributed by atoms with E-state index in [4.69, 9.17) is 21.4 Å². The first kappa shape index (κ1) is 26.0. The molecule has 4 heterocycles. The Hall–Kier alpha value is -3.28. The predicted molar refractivity (Wildman–Crippen MR) is 148 cm³/mol. The van der Waals surface area contributed by atoms with Crippen molar-refractivity contribution in [1.82, 2.24) is 24.9 Å². The van der Waals surface area contributed by atoms with Crippen LogP contribution in [0.2, 0.25) is 5.15 Å². The zero-order chi connectivity index (χ0) is 26.8. The number of morpholine rings is 1. The summed E-state index contributed by atoms with van der Waals surface area (Å²) >= 11 is 5.97. The highest BCUT2D eigenvalue weighted by molar-refractivity contribution is 6.29. The number of halogens is 1. The maximum Gasteiger partial charge on any atom is 0.276 e. The summed E-state index contributed by atoms with van der Waals surface area (Å²) in [5.41, 5.74) is 2.32. The predicted octanol–water partition coefficient (Wildman–Crippen LogP) is 3.52. The highest BCUT2D eigenvalue weighted by Crippen LogP contribution is 2.32. The molecule has 2 saturated carbocycles. The first-order valence-electron chi connectivity index (χ1n) is 13.7. The number of aromatic nitrogens is 4. The number of pyridine rings is 1. The Morgan fingerprint density at radius 2 is 1.87 bits per heavy atom. The monoisotopic (exact) mass is 552 g/mol. The lowest BCUT2D eigenvalue weighted by Gasteiger charge is -2.30. The lowest BCUT2D eigenvalue weighted by molar-refractivity contribution is -0.125. The summed E-state index contributed by atoms with van der Waals surface area (Å²) in [5, 5.41) is 18.3. The number of nitrogens with zero attached hydrogens (tertiary/aromatic N) is 4. The van der Waals surface area contributed by atoms with E-state index in [0.717, 1.165) is 50.8 Å². The van der Waals surface area contributed by atoms with Crippen LogP contribution < -0.4 is 21.3 Å². The molecular formula is C27H33ClN8O3. The Morgan fingerprint density at radius 1 is 1.08 bits per heavy atom. The van der Waals surface area contributed by atoms with E-state index in [0.29, 0.717) is 59.6 Å². The van der Waals surface area contributed by atoms with Crippen LogP contribution in [0.4, 0.5) is 17.2 Å². The van der Waals surface area contributed by atoms with Gasteiger partial charge < -0.3 is 26.0 Å². The third-order valence-corrected chi connectivity index (χ3v) is 7.83. The Kier molecular flexibility index (Phi) is 7.62. The number of ketones is 1. The molecule has 3 aromatic rings. The molecule has 39 heavy (non-hydrogen) atoms. The van der Waals surface area contributed by atoms with Crippen LogP contribution in [0.1, 0.15) is 55.4 Å². The summed E-state index contributed by atoms with van der Waals surface area (Å²) in [5.74, 6) is 1.00. The molecule has 1 saturated heterocycles. The van der Waals surface area contributed by atoms with E-state index in [-0.39, 0.29) is 23.8 Å². The van der Waals surface area contributed by atoms with Crippen LogP contribution in [0.25, 0.3) is 5.65 Å². The van der Waals surface area contributed by atoms with Crippen LogP contribution in [0.15, 0.2) is 30.6 Å². The number of ether oxygens (including phenoxy) is 1. The molecule has 11 nitrogen and oxygen atoms in total. The van der Waals surface area contributed by atoms with Gasteiger partial charge in [-0.05, 0) is 56.6 Å². The summed E-state index contributed by atoms with van der Waals surface area (Å²) in [6.45, 7) is 1.88. The topological polar surface area (TPSA) is 135 Å². The minimum absolute atomic E-state index is 0.167. The van der Waals surface area contributed by atoms with E-state index in [1.165, 1.54) is 12.4 Å². The first-order chi connectivity index (χ1) is 19.0. The average molecular weight is 553 g/mol. The number of hydrogen-bond donors (Lipinski definition) is 4. The van der Waals surface area contributed by atoms with Crippen molar-refractivity contribution in [3.63, 3.8) is 0 Å². The van der Waals surface area contributed by atoms with Gasteiger partial charge in [-0.1, -0.05) is 11.6 Å². The molecule has 6 rings (SSSR count). The highest BCUT2D eigenvalue weighted by atomic mass is 35.5. The number of rotatable bonds is 9. The maximum absolute atomic E-state index is 13.1. The van der Waals surface area contributed by atoms with Crippen molar-refractivity contribution in [3.05, 3.63) is 41.4 Å². The van der Waals surface area contributed by atoms with Gasteiger partial charge in [-0.2, -0.15) is 0 Å². The SMILES string of the molecule is O=C(Nc1ccnc(Cl)c1)c1cnc2c(NC3CC3)cc(NC3CCC(CC(=O)C4COCCN4)CC3)nn12. The number of Topliss-reactive ketones (excluding diaryl/α,β-unsaturated/α-hetero) is 1. The van der Waals surface area contributed by atoms with E-state index in [1.54, 1.807) is 16.6 Å². The maximum atomic E-state index is 13.1. The average Bonchev–Trinajstić information content (AvgIpc) is 3.65. The minimum atomic E-state index is -0.338. The molecule has 2 aliphatic carbocycles. The standard InChI is InChI=1S/C27H33ClN8O3/c28-24-12-19(7-8-30-24)34-27(38)22-14-31-26-20(32-17-5-6-17)13-25(35-36(22)26)33-18-3-1-16(2-4-18)11-23(37)21-15-39-10-9-29-21/h7-8,12-14,16-18,21,29,32H,1-6,9-11,15H2,(H,33,35)(H,30,34,38). The fourth-order valence-electron chi connectivity index (χ4n) is 5.34. The largest absolute Gasteiger partial charge is 0.379 e. The van der Waals surface area contributed by atoms with E-state index in [2.05, 4.69) is 31.2 Å². The van der Waals surface area contributed by atoms with E-state index >= 15 is 0 Å². The molecule has 1 atom stereocenters. The van der Waals surface area contributed by atoms with Crippen molar-refractivity contribution >= 4 is 46.1 Å². The third kappa shape index (κ3) is 6.32. The molecule has 1 aliphatic heterocycles. The summed E-state index contributed by atoms with van der Waals surface area (Å²) in [4.78, 5) is 34.3. The van der Waals surface area contributed by atoms with Crippen molar-refractivity contribution in [2.75, 3.05) is 35.7 Å². The van der Waals surface area contributed by atoms with Crippen LogP contribution in [0.3, 0.4) is 0 Å². The number of imidazole rings is 1. The number of carbonyl (C=O) groups is 2. The van der Waals surface area contributed by atoms with Gasteiger partial charge in [-0.3, -0.25) is 9.59 Å². The van der Waals surface area contributed by atoms with Crippen LogP contribution in [-0.2, 0) is 9.53 Å². The lowest BCUT2D eigenvalue weighted by atomic mass is 9.82. The Morgan fingerprint density at radius 3 is 2.62 bits per heavy atom. The number of hydrogen-bond acceptors (Lipinski definition) is 9. The summed E-state index contributed by atoms with van der Waals surface area (Å²) in [6, 6.07) is 5.73. The fraction of sp³-hybridized carbons (Fsp3) is 0.519. The quantitative estimate of drug-likeness (QED) is 0.294. The van der Waals surface area contributed by atoms with Crippen LogP contribution >= 0.6 is 11.6 Å². The smallest absolute Gasteiger partial charge is 0.276 e. The molecule has 0 spiro atoms. The van der Waals surface area contributed by atoms with Crippen molar-refractivity contribution in [1.29, 1.82) is 0 Å². The minimum Gasteiger partial charge on any atom is -0.379 e. The van der Waals surface area contributed by atoms with Crippen molar-refractivity contribution in [2.24, 2.45) is 5.92 Å². The Bertz CT molecular complexity index is 1350. The van der Waals surface area contributed by atoms with Gasteiger partial charge in [0.2, 0.25) is 0 Å². The summed E-state index contributed by atoms with van der Waals surface area (Å²) < 4.78 is 7.04. The second-order valence-corrected chi connectivity index (χ2v) is 11.1. The zero-order valence-corrected chi connectivity index (χ0v) is 22.4. The number of anilines is 3. The Balaban J connectivity index is 1.14. The molecule has 3 aliphatic rings. The molecule has 0 aromatic carbocycles. The Labute approximate surface area is 231 Å². The van der Waals surface area contributed by atoms with E-state index in [9.17, 15) is 9.59 Å². The number of nitrogens with one attached hydrogen (secondary N) is 4. The van der Waals surface area contributed by atoms with Gasteiger partial charge in [0, 0.05) is 43.0 Å². The lowest BCUT2D eigenvalue weighted by Crippen LogP contribution is -2.47. The van der Waals surface area contributed by atoms with Crippen LogP contribution in [0.5, 0.6) is 0 Å². The molecule has 4 N–H and O–H groups in total. The second kappa shape index (κ2) is 11.4. The fourth-order valence-corrected chi connectivity index (χ4v) is 5.52. The zero-order valence-electron chi connectivity index (χ0n) is 21.7. The highest BCUT2D eigenvalue weighted by Gasteiger charge is 2.29. The van der Waals surface area contributed by atoms with Gasteiger partial charge in [0.25, 0.3) is 5.91 Å². The van der Waals surface area contributed by atoms with Crippen molar-refractivity contribution in [2.45, 2.75) is 63.1 Å². The van der Waals surface area contributed by atoms with Gasteiger partial charge in [-0.15, -0.1) is 5.10 Å². The van der Waals surface area contributed by atoms with E-state index < -0.39 is 0 Å². The number of amides is 1. The number of carbonyl (C=O) groups excluding carboxylic acids is 2. The van der Waals surface area contributed by atoms with Gasteiger partial charge in [-0.25, -0.2) is 14.5 Å². The van der Waals surface area contributed by atoms with Gasteiger partial charge in [0.05, 0.1) is 31.1 Å². The van der Waals surface area contributed by atoms with Gasteiger partial charge in [0.15, 0.2) is 17.1 Å². The molecule has 0 bridgehead atoms. The molecule has 0 radical (unpaired) electrons. The summed E-state index contributed by atoms with van der Waals surface area (Å²) in [6.07, 6.45) is 9.78. The molecular weight excluding hydrogens is 520 g/mol. The third-order valence-electron chi connectivity index (χ3n) is 7.62.